The van der Waals surface area contributed by atoms with Gasteiger partial charge in [-0.3, -0.25) is 4.98 Å². The van der Waals surface area contributed by atoms with Gasteiger partial charge in [0.15, 0.2) is 5.60 Å². The number of oxime groups is 1. The monoisotopic (exact) mass is 503 g/mol. The van der Waals surface area contributed by atoms with Crippen molar-refractivity contribution in [1.29, 1.82) is 0 Å². The van der Waals surface area contributed by atoms with Crippen LogP contribution in [0.1, 0.15) is 35.7 Å². The number of halogens is 3. The van der Waals surface area contributed by atoms with Crippen molar-refractivity contribution in [3.05, 3.63) is 97.7 Å². The van der Waals surface area contributed by atoms with Gasteiger partial charge in [0.05, 0.1) is 11.4 Å². The fourth-order valence-corrected chi connectivity index (χ4v) is 4.45. The zero-order chi connectivity index (χ0) is 21.1. The number of nitrogens with one attached hydrogen (secondary N) is 1. The predicted octanol–water partition coefficient (Wildman–Crippen LogP) is 6.48. The van der Waals surface area contributed by atoms with Crippen LogP contribution in [-0.2, 0) is 23.5 Å². The summed E-state index contributed by atoms with van der Waals surface area (Å²) in [6.45, 7) is 3.45. The molecule has 0 saturated carbocycles. The smallest absolute Gasteiger partial charge is 0.165 e. The van der Waals surface area contributed by atoms with E-state index in [4.69, 9.17) is 28.0 Å². The summed E-state index contributed by atoms with van der Waals surface area (Å²) in [5.41, 5.74) is 4.41. The van der Waals surface area contributed by atoms with Crippen LogP contribution in [0.25, 0.3) is 0 Å². The second kappa shape index (κ2) is 9.06. The fourth-order valence-electron chi connectivity index (χ4n) is 3.41. The second-order valence-electron chi connectivity index (χ2n) is 7.43. The van der Waals surface area contributed by atoms with Gasteiger partial charge < -0.3 is 10.2 Å². The second-order valence-corrected chi connectivity index (χ2v) is 9.15. The lowest BCUT2D eigenvalue weighted by atomic mass is 9.89. The van der Waals surface area contributed by atoms with Crippen molar-refractivity contribution >= 4 is 44.8 Å². The molecular weight excluding hydrogens is 485 g/mol. The van der Waals surface area contributed by atoms with Gasteiger partial charge in [-0.1, -0.05) is 62.5 Å². The Hall–Kier alpha value is -1.92. The first kappa shape index (κ1) is 21.3. The van der Waals surface area contributed by atoms with Crippen LogP contribution < -0.4 is 5.32 Å². The highest BCUT2D eigenvalue weighted by atomic mass is 79.9. The first-order chi connectivity index (χ1) is 14.4. The number of hydrogen-bond acceptors (Lipinski definition) is 4. The van der Waals surface area contributed by atoms with Gasteiger partial charge in [-0.2, -0.15) is 0 Å². The van der Waals surface area contributed by atoms with Crippen LogP contribution in [0.4, 0.5) is 0 Å². The molecule has 3 aromatic rings. The van der Waals surface area contributed by atoms with Gasteiger partial charge in [0, 0.05) is 51.4 Å². The first-order valence-electron chi connectivity index (χ1n) is 9.54. The van der Waals surface area contributed by atoms with E-state index in [1.54, 1.807) is 12.3 Å². The molecule has 154 valence electrons. The number of aromatic nitrogens is 1. The summed E-state index contributed by atoms with van der Waals surface area (Å²) < 4.78 is 1.02. The molecule has 0 fully saturated rings. The van der Waals surface area contributed by atoms with E-state index in [1.807, 2.05) is 37.3 Å². The molecule has 1 aromatic heterocycles. The molecule has 4 nitrogen and oxygen atoms in total. The van der Waals surface area contributed by atoms with E-state index in [-0.39, 0.29) is 0 Å². The summed E-state index contributed by atoms with van der Waals surface area (Å²) in [5, 5.41) is 8.94. The van der Waals surface area contributed by atoms with Crippen LogP contribution in [0, 0.1) is 0 Å². The Bertz CT molecular complexity index is 1070. The summed E-state index contributed by atoms with van der Waals surface area (Å²) >= 11 is 16.0. The highest BCUT2D eigenvalue weighted by molar-refractivity contribution is 9.10. The Morgan fingerprint density at radius 1 is 1.07 bits per heavy atom. The lowest BCUT2D eigenvalue weighted by Crippen LogP contribution is -2.22. The number of pyridine rings is 1. The normalized spacial score (nSPS) is 18.2. The summed E-state index contributed by atoms with van der Waals surface area (Å²) in [4.78, 5) is 10.2. The van der Waals surface area contributed by atoms with Crippen LogP contribution in [0.2, 0.25) is 10.0 Å². The first-order valence-corrected chi connectivity index (χ1v) is 11.1. The average Bonchev–Trinajstić information content (AvgIpc) is 3.13. The summed E-state index contributed by atoms with van der Waals surface area (Å²) in [7, 11) is 0. The molecule has 7 heteroatoms. The van der Waals surface area contributed by atoms with Crippen molar-refractivity contribution in [2.24, 2.45) is 5.16 Å². The van der Waals surface area contributed by atoms with Crippen LogP contribution in [0.5, 0.6) is 0 Å². The molecule has 2 heterocycles. The van der Waals surface area contributed by atoms with Crippen LogP contribution in [0.3, 0.4) is 0 Å². The minimum Gasteiger partial charge on any atom is -0.384 e. The molecule has 0 amide bonds. The maximum atomic E-state index is 6.17. The van der Waals surface area contributed by atoms with E-state index in [0.717, 1.165) is 40.1 Å². The van der Waals surface area contributed by atoms with Gasteiger partial charge in [0.1, 0.15) is 0 Å². The number of rotatable bonds is 6. The minimum absolute atomic E-state index is 0.584. The molecule has 0 aliphatic carbocycles. The largest absolute Gasteiger partial charge is 0.384 e. The lowest BCUT2D eigenvalue weighted by Gasteiger charge is -2.22. The standard InChI is InChI=1S/C23H20BrCl2N3O/c1-23(17-9-18(25)11-19(26)10-17)12-22(29-30-23)15-5-6-16(21(24)8-15)13-27-14-20-4-2-3-7-28-20/h2-11,27H,12-14H2,1H3. The van der Waals surface area contributed by atoms with E-state index in [1.165, 1.54) is 5.56 Å². The molecule has 4 rings (SSSR count). The van der Waals surface area contributed by atoms with Crippen molar-refractivity contribution in [1.82, 2.24) is 10.3 Å². The summed E-state index contributed by atoms with van der Waals surface area (Å²) in [5.74, 6) is 0. The molecule has 0 spiro atoms. The average molecular weight is 505 g/mol. The molecular formula is C23H20BrCl2N3O. The molecule has 1 aliphatic rings. The Morgan fingerprint density at radius 2 is 1.87 bits per heavy atom. The van der Waals surface area contributed by atoms with E-state index in [0.29, 0.717) is 16.5 Å². The van der Waals surface area contributed by atoms with Gasteiger partial charge >= 0.3 is 0 Å². The molecule has 0 bridgehead atoms. The molecule has 1 N–H and O–H groups in total. The highest BCUT2D eigenvalue weighted by Crippen LogP contribution is 2.38. The maximum Gasteiger partial charge on any atom is 0.165 e. The fraction of sp³-hybridized carbons (Fsp3) is 0.217. The Kier molecular flexibility index (Phi) is 6.44. The van der Waals surface area contributed by atoms with Crippen molar-refractivity contribution in [2.45, 2.75) is 32.0 Å². The number of hydrogen-bond donors (Lipinski definition) is 1. The zero-order valence-corrected chi connectivity index (χ0v) is 19.4. The molecule has 30 heavy (non-hydrogen) atoms. The molecule has 0 radical (unpaired) electrons. The van der Waals surface area contributed by atoms with Crippen LogP contribution >= 0.6 is 39.1 Å². The molecule has 1 aliphatic heterocycles. The molecule has 2 aromatic carbocycles. The Labute approximate surface area is 194 Å². The minimum atomic E-state index is -0.598. The van der Waals surface area contributed by atoms with Gasteiger partial charge in [-0.05, 0) is 48.9 Å². The lowest BCUT2D eigenvalue weighted by molar-refractivity contribution is -0.00737. The van der Waals surface area contributed by atoms with Crippen LogP contribution in [-0.4, -0.2) is 10.7 Å². The third kappa shape index (κ3) is 4.86. The molecule has 1 unspecified atom stereocenters. The summed E-state index contributed by atoms with van der Waals surface area (Å²) in [6, 6.07) is 17.6. The molecule has 0 saturated heterocycles. The SMILES string of the molecule is CC1(c2cc(Cl)cc(Cl)c2)CC(c2ccc(CNCc3ccccn3)c(Br)c2)=NO1. The Morgan fingerprint density at radius 3 is 2.57 bits per heavy atom. The predicted molar refractivity (Wildman–Crippen MR) is 125 cm³/mol. The van der Waals surface area contributed by atoms with E-state index in [2.05, 4.69) is 49.6 Å². The third-order valence-corrected chi connectivity index (χ3v) is 6.24. The van der Waals surface area contributed by atoms with E-state index >= 15 is 0 Å². The number of benzene rings is 2. The zero-order valence-electron chi connectivity index (χ0n) is 16.3. The van der Waals surface area contributed by atoms with Crippen molar-refractivity contribution in [3.8, 4) is 0 Å². The van der Waals surface area contributed by atoms with Crippen molar-refractivity contribution in [2.75, 3.05) is 0 Å². The maximum absolute atomic E-state index is 6.17. The van der Waals surface area contributed by atoms with Crippen molar-refractivity contribution in [3.63, 3.8) is 0 Å². The topological polar surface area (TPSA) is 46.5 Å². The van der Waals surface area contributed by atoms with E-state index in [9.17, 15) is 0 Å². The quantitative estimate of drug-likeness (QED) is 0.417. The van der Waals surface area contributed by atoms with Gasteiger partial charge in [-0.25, -0.2) is 0 Å². The van der Waals surface area contributed by atoms with Gasteiger partial charge in [0.2, 0.25) is 0 Å². The Balaban J connectivity index is 1.43. The highest BCUT2D eigenvalue weighted by Gasteiger charge is 2.37. The van der Waals surface area contributed by atoms with E-state index < -0.39 is 5.60 Å². The third-order valence-electron chi connectivity index (χ3n) is 5.07. The van der Waals surface area contributed by atoms with Gasteiger partial charge in [0.25, 0.3) is 0 Å². The van der Waals surface area contributed by atoms with Gasteiger partial charge in [-0.15, -0.1) is 0 Å². The van der Waals surface area contributed by atoms with Crippen LogP contribution in [0.15, 0.2) is 70.4 Å². The summed E-state index contributed by atoms with van der Waals surface area (Å²) in [6.07, 6.45) is 2.44. The molecule has 1 atom stereocenters. The van der Waals surface area contributed by atoms with Crippen molar-refractivity contribution < 1.29 is 4.84 Å². The number of nitrogens with zero attached hydrogens (tertiary/aromatic N) is 2.